The van der Waals surface area contributed by atoms with Crippen LogP contribution in [-0.2, 0) is 19.3 Å². The number of nitrogens with one attached hydrogen (secondary N) is 1. The fraction of sp³-hybridized carbons (Fsp3) is 0.286. The SMILES string of the molecule is O=c1[nH]c(Cc2ccccc2)nc2c1CCC2. The van der Waals surface area contributed by atoms with E-state index < -0.39 is 0 Å². The lowest BCUT2D eigenvalue weighted by Gasteiger charge is -2.03. The van der Waals surface area contributed by atoms with Crippen LogP contribution in [0.3, 0.4) is 0 Å². The Morgan fingerprint density at radius 3 is 2.82 bits per heavy atom. The summed E-state index contributed by atoms with van der Waals surface area (Å²) in [6.07, 6.45) is 3.58. The highest BCUT2D eigenvalue weighted by atomic mass is 16.1. The van der Waals surface area contributed by atoms with E-state index in [0.717, 1.165) is 36.3 Å². The Bertz CT molecular complexity index is 587. The summed E-state index contributed by atoms with van der Waals surface area (Å²) in [5, 5.41) is 0. The molecule has 3 heteroatoms. The lowest BCUT2D eigenvalue weighted by atomic mass is 10.1. The Morgan fingerprint density at radius 2 is 2.00 bits per heavy atom. The van der Waals surface area contributed by atoms with Gasteiger partial charge in [-0.05, 0) is 24.8 Å². The highest BCUT2D eigenvalue weighted by molar-refractivity contribution is 5.25. The average Bonchev–Trinajstić information content (AvgIpc) is 2.79. The number of aryl methyl sites for hydroxylation is 1. The van der Waals surface area contributed by atoms with Gasteiger partial charge < -0.3 is 4.98 Å². The van der Waals surface area contributed by atoms with Crippen LogP contribution in [0.2, 0.25) is 0 Å². The normalized spacial score (nSPS) is 13.6. The van der Waals surface area contributed by atoms with Gasteiger partial charge in [-0.25, -0.2) is 4.98 Å². The molecule has 1 N–H and O–H groups in total. The molecule has 86 valence electrons. The first kappa shape index (κ1) is 10.3. The number of hydrogen-bond donors (Lipinski definition) is 1. The molecule has 0 amide bonds. The number of fused-ring (bicyclic) bond motifs is 1. The first-order chi connectivity index (χ1) is 8.33. The van der Waals surface area contributed by atoms with Gasteiger partial charge in [0.15, 0.2) is 0 Å². The van der Waals surface area contributed by atoms with Gasteiger partial charge in [-0.15, -0.1) is 0 Å². The maximum absolute atomic E-state index is 11.8. The van der Waals surface area contributed by atoms with Crippen molar-refractivity contribution in [2.45, 2.75) is 25.7 Å². The van der Waals surface area contributed by atoms with E-state index in [-0.39, 0.29) is 5.56 Å². The van der Waals surface area contributed by atoms with Gasteiger partial charge in [0.25, 0.3) is 5.56 Å². The zero-order chi connectivity index (χ0) is 11.7. The molecule has 3 nitrogen and oxygen atoms in total. The van der Waals surface area contributed by atoms with Gasteiger partial charge in [0, 0.05) is 12.0 Å². The molecule has 0 fully saturated rings. The third-order valence-electron chi connectivity index (χ3n) is 3.20. The van der Waals surface area contributed by atoms with Crippen LogP contribution in [0.4, 0.5) is 0 Å². The maximum atomic E-state index is 11.8. The first-order valence-corrected chi connectivity index (χ1v) is 5.98. The van der Waals surface area contributed by atoms with Crippen LogP contribution in [0.5, 0.6) is 0 Å². The van der Waals surface area contributed by atoms with E-state index in [1.165, 1.54) is 5.56 Å². The standard InChI is InChI=1S/C14H14N2O/c17-14-11-7-4-8-12(11)15-13(16-14)9-10-5-2-1-3-6-10/h1-3,5-6H,4,7-9H2,(H,15,16,17). The van der Waals surface area contributed by atoms with Crippen molar-refractivity contribution < 1.29 is 0 Å². The van der Waals surface area contributed by atoms with E-state index in [0.29, 0.717) is 6.42 Å². The second-order valence-corrected chi connectivity index (χ2v) is 4.45. The average molecular weight is 226 g/mol. The Kier molecular flexibility index (Phi) is 2.52. The van der Waals surface area contributed by atoms with Crippen LogP contribution in [0.25, 0.3) is 0 Å². The van der Waals surface area contributed by atoms with Crippen molar-refractivity contribution in [3.8, 4) is 0 Å². The van der Waals surface area contributed by atoms with Crippen molar-refractivity contribution in [2.75, 3.05) is 0 Å². The summed E-state index contributed by atoms with van der Waals surface area (Å²) in [4.78, 5) is 19.3. The fourth-order valence-electron chi connectivity index (χ4n) is 2.37. The molecule has 0 atom stereocenters. The summed E-state index contributed by atoms with van der Waals surface area (Å²) in [5.74, 6) is 0.779. The van der Waals surface area contributed by atoms with Crippen molar-refractivity contribution in [3.05, 3.63) is 63.3 Å². The minimum atomic E-state index is 0.0541. The van der Waals surface area contributed by atoms with E-state index in [4.69, 9.17) is 0 Å². The highest BCUT2D eigenvalue weighted by Gasteiger charge is 2.16. The van der Waals surface area contributed by atoms with Crippen LogP contribution < -0.4 is 5.56 Å². The molecular weight excluding hydrogens is 212 g/mol. The molecule has 2 aromatic rings. The minimum Gasteiger partial charge on any atom is -0.310 e. The van der Waals surface area contributed by atoms with Crippen LogP contribution in [0, 0.1) is 0 Å². The molecule has 0 saturated heterocycles. The largest absolute Gasteiger partial charge is 0.310 e. The molecule has 1 heterocycles. The second-order valence-electron chi connectivity index (χ2n) is 4.45. The van der Waals surface area contributed by atoms with Gasteiger partial charge in [-0.3, -0.25) is 4.79 Å². The summed E-state index contributed by atoms with van der Waals surface area (Å²) in [5.41, 5.74) is 3.12. The minimum absolute atomic E-state index is 0.0541. The van der Waals surface area contributed by atoms with E-state index in [1.54, 1.807) is 0 Å². The van der Waals surface area contributed by atoms with E-state index in [2.05, 4.69) is 9.97 Å². The van der Waals surface area contributed by atoms with Crippen LogP contribution in [0.15, 0.2) is 35.1 Å². The number of hydrogen-bond acceptors (Lipinski definition) is 2. The zero-order valence-electron chi connectivity index (χ0n) is 9.57. The molecule has 1 aliphatic carbocycles. The molecule has 17 heavy (non-hydrogen) atoms. The Hall–Kier alpha value is -1.90. The molecule has 1 aromatic heterocycles. The lowest BCUT2D eigenvalue weighted by molar-refractivity contribution is 0.883. The number of aromatic nitrogens is 2. The number of benzene rings is 1. The molecule has 0 saturated carbocycles. The Labute approximate surface area is 99.5 Å². The molecule has 0 radical (unpaired) electrons. The third kappa shape index (κ3) is 2.00. The van der Waals surface area contributed by atoms with Crippen molar-refractivity contribution >= 4 is 0 Å². The highest BCUT2D eigenvalue weighted by Crippen LogP contribution is 2.16. The summed E-state index contributed by atoms with van der Waals surface area (Å²) < 4.78 is 0. The van der Waals surface area contributed by atoms with Crippen LogP contribution >= 0.6 is 0 Å². The quantitative estimate of drug-likeness (QED) is 0.849. The fourth-order valence-corrected chi connectivity index (χ4v) is 2.37. The number of H-pyrrole nitrogens is 1. The Balaban J connectivity index is 1.95. The van der Waals surface area contributed by atoms with Crippen LogP contribution in [-0.4, -0.2) is 9.97 Å². The summed E-state index contributed by atoms with van der Waals surface area (Å²) in [6.45, 7) is 0. The summed E-state index contributed by atoms with van der Waals surface area (Å²) >= 11 is 0. The first-order valence-electron chi connectivity index (χ1n) is 5.98. The summed E-state index contributed by atoms with van der Waals surface area (Å²) in [6, 6.07) is 10.1. The van der Waals surface area contributed by atoms with Crippen molar-refractivity contribution in [1.82, 2.24) is 9.97 Å². The van der Waals surface area contributed by atoms with Gasteiger partial charge in [0.1, 0.15) is 5.82 Å². The van der Waals surface area contributed by atoms with Crippen molar-refractivity contribution in [1.29, 1.82) is 0 Å². The second kappa shape index (κ2) is 4.17. The van der Waals surface area contributed by atoms with Gasteiger partial charge in [-0.2, -0.15) is 0 Å². The zero-order valence-corrected chi connectivity index (χ0v) is 9.57. The number of nitrogens with zero attached hydrogens (tertiary/aromatic N) is 1. The van der Waals surface area contributed by atoms with Crippen molar-refractivity contribution in [3.63, 3.8) is 0 Å². The molecule has 0 unspecified atom stereocenters. The Morgan fingerprint density at radius 1 is 1.18 bits per heavy atom. The lowest BCUT2D eigenvalue weighted by Crippen LogP contribution is -2.17. The molecule has 3 rings (SSSR count). The molecule has 0 aliphatic heterocycles. The molecule has 1 aromatic carbocycles. The molecule has 1 aliphatic rings. The van der Waals surface area contributed by atoms with Gasteiger partial charge >= 0.3 is 0 Å². The predicted molar refractivity (Wildman–Crippen MR) is 66.1 cm³/mol. The topological polar surface area (TPSA) is 45.8 Å². The van der Waals surface area contributed by atoms with Gasteiger partial charge in [-0.1, -0.05) is 30.3 Å². The summed E-state index contributed by atoms with van der Waals surface area (Å²) in [7, 11) is 0. The predicted octanol–water partition coefficient (Wildman–Crippen LogP) is 1.85. The number of aromatic amines is 1. The monoisotopic (exact) mass is 226 g/mol. The van der Waals surface area contributed by atoms with E-state index in [1.807, 2.05) is 30.3 Å². The van der Waals surface area contributed by atoms with Gasteiger partial charge in [0.2, 0.25) is 0 Å². The number of rotatable bonds is 2. The van der Waals surface area contributed by atoms with E-state index >= 15 is 0 Å². The molecule has 0 bridgehead atoms. The third-order valence-corrected chi connectivity index (χ3v) is 3.20. The molecule has 0 spiro atoms. The molecular formula is C14H14N2O. The van der Waals surface area contributed by atoms with E-state index in [9.17, 15) is 4.79 Å². The van der Waals surface area contributed by atoms with Crippen molar-refractivity contribution in [2.24, 2.45) is 0 Å². The van der Waals surface area contributed by atoms with Crippen LogP contribution in [0.1, 0.15) is 29.1 Å². The smallest absolute Gasteiger partial charge is 0.254 e. The van der Waals surface area contributed by atoms with Gasteiger partial charge in [0.05, 0.1) is 5.69 Å². The maximum Gasteiger partial charge on any atom is 0.254 e.